The highest BCUT2D eigenvalue weighted by Crippen LogP contribution is 2.32. The summed E-state index contributed by atoms with van der Waals surface area (Å²) in [7, 11) is -2.76. The van der Waals surface area contributed by atoms with Gasteiger partial charge in [-0.15, -0.1) is 12.4 Å². The van der Waals surface area contributed by atoms with Gasteiger partial charge in [-0.3, -0.25) is 4.79 Å². The lowest BCUT2D eigenvalue weighted by atomic mass is 10.1. The third-order valence-electron chi connectivity index (χ3n) is 5.12. The summed E-state index contributed by atoms with van der Waals surface area (Å²) in [4.78, 5) is 25.9. The topological polar surface area (TPSA) is 109 Å². The predicted molar refractivity (Wildman–Crippen MR) is 103 cm³/mol. The monoisotopic (exact) mass is 435 g/mol. The Balaban J connectivity index is 0.00000280. The highest BCUT2D eigenvalue weighted by molar-refractivity contribution is 7.89. The molecule has 1 N–H and O–H groups in total. The summed E-state index contributed by atoms with van der Waals surface area (Å²) in [5.41, 5.74) is -0.0598. The molecule has 0 radical (unpaired) electrons. The van der Waals surface area contributed by atoms with Crippen molar-refractivity contribution in [1.82, 2.24) is 14.5 Å². The molecule has 2 saturated heterocycles. The number of piperidine rings is 1. The van der Waals surface area contributed by atoms with E-state index >= 15 is 0 Å². The van der Waals surface area contributed by atoms with Crippen LogP contribution in [0.25, 0.3) is 0 Å². The number of carbonyl (C=O) groups is 2. The Morgan fingerprint density at radius 1 is 1.25 bits per heavy atom. The van der Waals surface area contributed by atoms with E-state index in [1.165, 1.54) is 25.3 Å². The lowest BCUT2D eigenvalue weighted by molar-refractivity contribution is -0.135. The van der Waals surface area contributed by atoms with Crippen LogP contribution in [0, 0.1) is 13.8 Å². The average Bonchev–Trinajstić information content (AvgIpc) is 2.96. The fourth-order valence-electron chi connectivity index (χ4n) is 3.84. The van der Waals surface area contributed by atoms with Crippen LogP contribution in [0.4, 0.5) is 0 Å². The van der Waals surface area contributed by atoms with Crippen molar-refractivity contribution in [2.45, 2.75) is 37.6 Å². The molecule has 2 aliphatic heterocycles. The molecule has 11 heteroatoms. The fraction of sp³-hybridized carbons (Fsp3) is 0.647. The van der Waals surface area contributed by atoms with Crippen LogP contribution in [0.1, 0.15) is 34.7 Å². The first-order valence-corrected chi connectivity index (χ1v) is 10.4. The summed E-state index contributed by atoms with van der Waals surface area (Å²) in [6, 6.07) is -0.169. The van der Waals surface area contributed by atoms with Crippen molar-refractivity contribution in [3.63, 3.8) is 0 Å². The first-order chi connectivity index (χ1) is 12.8. The van der Waals surface area contributed by atoms with Gasteiger partial charge in [-0.25, -0.2) is 13.2 Å². The largest absolute Gasteiger partial charge is 0.465 e. The third-order valence-corrected chi connectivity index (χ3v) is 7.14. The van der Waals surface area contributed by atoms with Gasteiger partial charge in [0.2, 0.25) is 15.9 Å². The standard InChI is InChI=1S/C17H25N3O6S.ClH/c1-11-15(17(22)25-3)16(12(2)26-11)27(23,24)19-7-4-5-13(10-19)20-8-6-18-9-14(20)21;/h13,18H,4-10H2,1-3H3;1H. The molecule has 0 aromatic carbocycles. The number of nitrogens with zero attached hydrogens (tertiary/aromatic N) is 2. The summed E-state index contributed by atoms with van der Waals surface area (Å²) >= 11 is 0. The van der Waals surface area contributed by atoms with Gasteiger partial charge < -0.3 is 19.4 Å². The first-order valence-electron chi connectivity index (χ1n) is 8.96. The van der Waals surface area contributed by atoms with Crippen LogP contribution in [0.5, 0.6) is 0 Å². The van der Waals surface area contributed by atoms with Crippen molar-refractivity contribution in [3.05, 3.63) is 17.1 Å². The van der Waals surface area contributed by atoms with E-state index in [2.05, 4.69) is 5.32 Å². The molecule has 1 atom stereocenters. The smallest absolute Gasteiger partial charge is 0.342 e. The van der Waals surface area contributed by atoms with E-state index in [0.29, 0.717) is 26.1 Å². The van der Waals surface area contributed by atoms with E-state index in [-0.39, 0.29) is 59.4 Å². The van der Waals surface area contributed by atoms with E-state index in [4.69, 9.17) is 9.15 Å². The molecule has 9 nitrogen and oxygen atoms in total. The zero-order chi connectivity index (χ0) is 19.8. The first kappa shape index (κ1) is 22.7. The van der Waals surface area contributed by atoms with Crippen LogP contribution in [0.3, 0.4) is 0 Å². The van der Waals surface area contributed by atoms with Crippen molar-refractivity contribution in [2.75, 3.05) is 39.8 Å². The molecule has 2 fully saturated rings. The molecule has 28 heavy (non-hydrogen) atoms. The number of ether oxygens (including phenoxy) is 1. The Labute approximate surface area is 170 Å². The number of carbonyl (C=O) groups excluding carboxylic acids is 2. The van der Waals surface area contributed by atoms with Crippen LogP contribution in [0.15, 0.2) is 9.31 Å². The molecule has 2 aliphatic rings. The molecular weight excluding hydrogens is 410 g/mol. The molecule has 0 saturated carbocycles. The Kier molecular flexibility index (Phi) is 7.13. The second-order valence-electron chi connectivity index (χ2n) is 6.83. The molecule has 1 unspecified atom stereocenters. The van der Waals surface area contributed by atoms with Crippen molar-refractivity contribution in [3.8, 4) is 0 Å². The number of halogens is 1. The molecule has 1 aromatic rings. The fourth-order valence-corrected chi connectivity index (χ4v) is 5.73. The maximum Gasteiger partial charge on any atom is 0.342 e. The van der Waals surface area contributed by atoms with Gasteiger partial charge in [0.25, 0.3) is 0 Å². The number of methoxy groups -OCH3 is 1. The second kappa shape index (κ2) is 8.81. The molecule has 3 rings (SSSR count). The summed E-state index contributed by atoms with van der Waals surface area (Å²) in [5.74, 6) is -0.387. The van der Waals surface area contributed by atoms with Gasteiger partial charge in [0.15, 0.2) is 0 Å². The van der Waals surface area contributed by atoms with Gasteiger partial charge in [-0.05, 0) is 26.7 Å². The summed E-state index contributed by atoms with van der Waals surface area (Å²) in [6.07, 6.45) is 1.40. The normalized spacial score (nSPS) is 21.3. The number of rotatable bonds is 4. The van der Waals surface area contributed by atoms with Gasteiger partial charge in [0.1, 0.15) is 22.0 Å². The third kappa shape index (κ3) is 4.05. The van der Waals surface area contributed by atoms with E-state index in [1.807, 2.05) is 0 Å². The van der Waals surface area contributed by atoms with Crippen molar-refractivity contribution in [2.24, 2.45) is 0 Å². The lowest BCUT2D eigenvalue weighted by Crippen LogP contribution is -2.57. The van der Waals surface area contributed by atoms with Crippen molar-refractivity contribution >= 4 is 34.3 Å². The van der Waals surface area contributed by atoms with E-state index in [1.54, 1.807) is 4.90 Å². The van der Waals surface area contributed by atoms with Crippen LogP contribution in [-0.2, 0) is 19.6 Å². The highest BCUT2D eigenvalue weighted by atomic mass is 35.5. The SMILES string of the molecule is COC(=O)c1c(C)oc(C)c1S(=O)(=O)N1CCCC(N2CCNCC2=O)C1.Cl. The molecule has 0 aliphatic carbocycles. The number of aryl methyl sites for hydroxylation is 2. The average molecular weight is 436 g/mol. The van der Waals surface area contributed by atoms with E-state index < -0.39 is 16.0 Å². The van der Waals surface area contributed by atoms with Gasteiger partial charge in [0, 0.05) is 32.2 Å². The lowest BCUT2D eigenvalue weighted by Gasteiger charge is -2.40. The maximum atomic E-state index is 13.3. The number of piperazine rings is 1. The summed E-state index contributed by atoms with van der Waals surface area (Å²) in [5, 5.41) is 3.02. The van der Waals surface area contributed by atoms with Gasteiger partial charge in [0.05, 0.1) is 13.7 Å². The second-order valence-corrected chi connectivity index (χ2v) is 8.71. The minimum Gasteiger partial charge on any atom is -0.465 e. The zero-order valence-corrected chi connectivity index (χ0v) is 17.8. The molecule has 0 bridgehead atoms. The predicted octanol–water partition coefficient (Wildman–Crippen LogP) is 0.690. The molecular formula is C17H26ClN3O6S. The Morgan fingerprint density at radius 2 is 1.96 bits per heavy atom. The molecule has 1 aromatic heterocycles. The van der Waals surface area contributed by atoms with Crippen molar-refractivity contribution in [1.29, 1.82) is 0 Å². The van der Waals surface area contributed by atoms with Gasteiger partial charge in [-0.2, -0.15) is 4.31 Å². The van der Waals surface area contributed by atoms with Gasteiger partial charge in [-0.1, -0.05) is 0 Å². The number of nitrogens with one attached hydrogen (secondary N) is 1. The number of hydrogen-bond acceptors (Lipinski definition) is 7. The zero-order valence-electron chi connectivity index (χ0n) is 16.2. The van der Waals surface area contributed by atoms with Crippen LogP contribution >= 0.6 is 12.4 Å². The molecule has 1 amide bonds. The Morgan fingerprint density at radius 3 is 2.61 bits per heavy atom. The molecule has 0 spiro atoms. The Bertz CT molecular complexity index is 853. The van der Waals surface area contributed by atoms with Crippen LogP contribution in [0.2, 0.25) is 0 Å². The van der Waals surface area contributed by atoms with E-state index in [9.17, 15) is 18.0 Å². The maximum absolute atomic E-state index is 13.3. The molecule has 158 valence electrons. The van der Waals surface area contributed by atoms with Gasteiger partial charge >= 0.3 is 5.97 Å². The minimum atomic E-state index is -3.96. The number of sulfonamides is 1. The van der Waals surface area contributed by atoms with Crippen LogP contribution < -0.4 is 5.32 Å². The number of hydrogen-bond donors (Lipinski definition) is 1. The quantitative estimate of drug-likeness (QED) is 0.693. The molecule has 3 heterocycles. The minimum absolute atomic E-state index is 0. The summed E-state index contributed by atoms with van der Waals surface area (Å²) < 4.78 is 38.1. The number of esters is 1. The van der Waals surface area contributed by atoms with Crippen LogP contribution in [-0.4, -0.2) is 75.4 Å². The van der Waals surface area contributed by atoms with Crippen molar-refractivity contribution < 1.29 is 27.2 Å². The number of furan rings is 1. The number of amides is 1. The summed E-state index contributed by atoms with van der Waals surface area (Å²) in [6.45, 7) is 5.14. The highest BCUT2D eigenvalue weighted by Gasteiger charge is 2.39. The van der Waals surface area contributed by atoms with E-state index in [0.717, 1.165) is 6.42 Å². The Hall–Kier alpha value is -1.62.